The molecule has 2 aromatic rings. The molecule has 8 heteroatoms. The van der Waals surface area contributed by atoms with Crippen molar-refractivity contribution in [2.45, 2.75) is 25.3 Å². The maximum Gasteiger partial charge on any atom is 0.246 e. The van der Waals surface area contributed by atoms with Crippen LogP contribution in [0.3, 0.4) is 0 Å². The van der Waals surface area contributed by atoms with E-state index < -0.39 is 10.0 Å². The third kappa shape index (κ3) is 2.36. The summed E-state index contributed by atoms with van der Waals surface area (Å²) in [6, 6.07) is 1.80. The van der Waals surface area contributed by atoms with Crippen molar-refractivity contribution < 1.29 is 8.42 Å². The van der Waals surface area contributed by atoms with Crippen LogP contribution in [-0.4, -0.2) is 39.3 Å². The topological polar surface area (TPSA) is 73.0 Å². The summed E-state index contributed by atoms with van der Waals surface area (Å²) in [4.78, 5) is 0.282. The third-order valence-corrected chi connectivity index (χ3v) is 5.47. The molecular weight excluding hydrogens is 278 g/mol. The van der Waals surface area contributed by atoms with E-state index in [1.165, 1.54) is 4.31 Å². The molecule has 20 heavy (non-hydrogen) atoms. The van der Waals surface area contributed by atoms with Crippen molar-refractivity contribution in [2.24, 2.45) is 14.1 Å². The molecule has 0 amide bonds. The maximum atomic E-state index is 12.7. The lowest BCUT2D eigenvalue weighted by molar-refractivity contribution is 0.452. The molecule has 0 aromatic carbocycles. The van der Waals surface area contributed by atoms with E-state index in [1.807, 2.05) is 0 Å². The smallest absolute Gasteiger partial charge is 0.246 e. The minimum Gasteiger partial charge on any atom is -0.271 e. The minimum absolute atomic E-state index is 0.270. The van der Waals surface area contributed by atoms with Crippen molar-refractivity contribution in [3.63, 3.8) is 0 Å². The summed E-state index contributed by atoms with van der Waals surface area (Å²) in [5.41, 5.74) is 1.98. The Kier molecular flexibility index (Phi) is 3.70. The van der Waals surface area contributed by atoms with Gasteiger partial charge < -0.3 is 0 Å². The van der Waals surface area contributed by atoms with Crippen LogP contribution in [0.5, 0.6) is 0 Å². The molecule has 0 saturated carbocycles. The first kappa shape index (κ1) is 14.7. The molecular formula is C12H19N5O2S. The second-order valence-corrected chi connectivity index (χ2v) is 6.81. The second-order valence-electron chi connectivity index (χ2n) is 4.83. The van der Waals surface area contributed by atoms with E-state index >= 15 is 0 Å². The first-order valence-corrected chi connectivity index (χ1v) is 7.62. The van der Waals surface area contributed by atoms with Crippen LogP contribution in [0.15, 0.2) is 17.2 Å². The van der Waals surface area contributed by atoms with Gasteiger partial charge in [-0.15, -0.1) is 0 Å². The van der Waals surface area contributed by atoms with Gasteiger partial charge in [0, 0.05) is 27.3 Å². The van der Waals surface area contributed by atoms with Gasteiger partial charge in [0.25, 0.3) is 0 Å². The Morgan fingerprint density at radius 2 is 1.90 bits per heavy atom. The van der Waals surface area contributed by atoms with Crippen molar-refractivity contribution in [1.82, 2.24) is 23.9 Å². The first-order valence-electron chi connectivity index (χ1n) is 6.18. The lowest BCUT2D eigenvalue weighted by Crippen LogP contribution is -2.28. The maximum absolute atomic E-state index is 12.7. The molecule has 2 aromatic heterocycles. The van der Waals surface area contributed by atoms with Crippen LogP contribution in [0.25, 0.3) is 0 Å². The van der Waals surface area contributed by atoms with E-state index in [9.17, 15) is 8.42 Å². The fourth-order valence-corrected chi connectivity index (χ4v) is 3.69. The van der Waals surface area contributed by atoms with Gasteiger partial charge in [-0.05, 0) is 19.9 Å². The Labute approximate surface area is 118 Å². The van der Waals surface area contributed by atoms with Gasteiger partial charge in [-0.1, -0.05) is 0 Å². The normalized spacial score (nSPS) is 12.3. The second kappa shape index (κ2) is 5.02. The molecule has 7 nitrogen and oxygen atoms in total. The Balaban J connectivity index is 2.37. The highest BCUT2D eigenvalue weighted by Crippen LogP contribution is 2.23. The van der Waals surface area contributed by atoms with E-state index in [4.69, 9.17) is 0 Å². The zero-order valence-corrected chi connectivity index (χ0v) is 13.1. The molecule has 0 radical (unpaired) electrons. The van der Waals surface area contributed by atoms with Crippen LogP contribution in [-0.2, 0) is 30.7 Å². The Morgan fingerprint density at radius 3 is 2.35 bits per heavy atom. The summed E-state index contributed by atoms with van der Waals surface area (Å²) >= 11 is 0. The number of aryl methyl sites for hydroxylation is 3. The minimum atomic E-state index is -3.56. The monoisotopic (exact) mass is 297 g/mol. The van der Waals surface area contributed by atoms with Crippen LogP contribution in [0.1, 0.15) is 17.1 Å². The fraction of sp³-hybridized carbons (Fsp3) is 0.500. The highest BCUT2D eigenvalue weighted by Gasteiger charge is 2.28. The number of rotatable bonds is 4. The summed E-state index contributed by atoms with van der Waals surface area (Å²) in [7, 11) is 1.53. The van der Waals surface area contributed by atoms with Crippen LogP contribution in [0.4, 0.5) is 0 Å². The van der Waals surface area contributed by atoms with Crippen molar-refractivity contribution in [3.8, 4) is 0 Å². The predicted octanol–water partition coefficient (Wildman–Crippen LogP) is 0.591. The molecule has 0 atom stereocenters. The van der Waals surface area contributed by atoms with Gasteiger partial charge in [-0.2, -0.15) is 14.5 Å². The molecule has 0 spiro atoms. The van der Waals surface area contributed by atoms with Crippen LogP contribution >= 0.6 is 0 Å². The number of aromatic nitrogens is 4. The molecule has 0 saturated heterocycles. The highest BCUT2D eigenvalue weighted by atomic mass is 32.2. The first-order chi connectivity index (χ1) is 9.25. The van der Waals surface area contributed by atoms with E-state index in [0.29, 0.717) is 11.4 Å². The fourth-order valence-electron chi connectivity index (χ4n) is 2.15. The summed E-state index contributed by atoms with van der Waals surface area (Å²) in [6.45, 7) is 3.73. The van der Waals surface area contributed by atoms with Gasteiger partial charge >= 0.3 is 0 Å². The van der Waals surface area contributed by atoms with E-state index in [1.54, 1.807) is 56.6 Å². The van der Waals surface area contributed by atoms with Crippen molar-refractivity contribution in [2.75, 3.05) is 7.05 Å². The molecule has 2 heterocycles. The number of hydrogen-bond acceptors (Lipinski definition) is 4. The van der Waals surface area contributed by atoms with Gasteiger partial charge in [0.2, 0.25) is 10.0 Å². The van der Waals surface area contributed by atoms with Gasteiger partial charge in [0.05, 0.1) is 23.6 Å². The van der Waals surface area contributed by atoms with Crippen molar-refractivity contribution in [1.29, 1.82) is 0 Å². The van der Waals surface area contributed by atoms with Gasteiger partial charge in [0.15, 0.2) is 0 Å². The van der Waals surface area contributed by atoms with Crippen LogP contribution in [0, 0.1) is 13.8 Å². The molecule has 0 N–H and O–H groups in total. The van der Waals surface area contributed by atoms with Crippen LogP contribution < -0.4 is 0 Å². The standard InChI is InChI=1S/C12H19N5O2S/c1-9-12(10(2)16(4)14-9)20(18,19)15(3)8-11-6-7-13-17(11)5/h6-7H,8H2,1-5H3. The molecule has 0 bridgehead atoms. The molecule has 2 rings (SSSR count). The average Bonchev–Trinajstić information content (AvgIpc) is 2.84. The highest BCUT2D eigenvalue weighted by molar-refractivity contribution is 7.89. The lowest BCUT2D eigenvalue weighted by Gasteiger charge is -2.17. The quantitative estimate of drug-likeness (QED) is 0.828. The molecule has 0 aliphatic rings. The Bertz CT molecular complexity index is 729. The molecule has 110 valence electrons. The van der Waals surface area contributed by atoms with E-state index in [-0.39, 0.29) is 11.4 Å². The average molecular weight is 297 g/mol. The van der Waals surface area contributed by atoms with Gasteiger partial charge in [0.1, 0.15) is 4.90 Å². The third-order valence-electron chi connectivity index (χ3n) is 3.42. The number of sulfonamides is 1. The lowest BCUT2D eigenvalue weighted by atomic mass is 10.4. The molecule has 0 aliphatic carbocycles. The number of hydrogen-bond donors (Lipinski definition) is 0. The number of nitrogens with zero attached hydrogens (tertiary/aromatic N) is 5. The predicted molar refractivity (Wildman–Crippen MR) is 74.5 cm³/mol. The molecule has 0 aliphatic heterocycles. The Morgan fingerprint density at radius 1 is 1.25 bits per heavy atom. The van der Waals surface area contributed by atoms with Crippen molar-refractivity contribution >= 4 is 10.0 Å². The van der Waals surface area contributed by atoms with Gasteiger partial charge in [-0.3, -0.25) is 9.36 Å². The summed E-state index contributed by atoms with van der Waals surface area (Å²) in [5, 5.41) is 8.21. The molecule has 0 unspecified atom stereocenters. The zero-order valence-electron chi connectivity index (χ0n) is 12.3. The molecule has 0 fully saturated rings. The zero-order chi connectivity index (χ0) is 15.1. The van der Waals surface area contributed by atoms with E-state index in [0.717, 1.165) is 5.69 Å². The van der Waals surface area contributed by atoms with E-state index in [2.05, 4.69) is 10.2 Å². The summed E-state index contributed by atoms with van der Waals surface area (Å²) in [5.74, 6) is 0. The van der Waals surface area contributed by atoms with Gasteiger partial charge in [-0.25, -0.2) is 8.42 Å². The van der Waals surface area contributed by atoms with Crippen molar-refractivity contribution in [3.05, 3.63) is 29.3 Å². The summed E-state index contributed by atoms with van der Waals surface area (Å²) in [6.07, 6.45) is 1.65. The van der Waals surface area contributed by atoms with Crippen LogP contribution in [0.2, 0.25) is 0 Å². The largest absolute Gasteiger partial charge is 0.271 e. The SMILES string of the molecule is Cc1nn(C)c(C)c1S(=O)(=O)N(C)Cc1ccnn1C. The summed E-state index contributed by atoms with van der Waals surface area (Å²) < 4.78 is 29.9. The Hall–Kier alpha value is -1.67.